The Morgan fingerprint density at radius 2 is 2.19 bits per heavy atom. The number of rotatable bonds is 10. The van der Waals surface area contributed by atoms with Gasteiger partial charge in [0.2, 0.25) is 5.91 Å². The van der Waals surface area contributed by atoms with Crippen molar-refractivity contribution in [2.24, 2.45) is 5.73 Å². The van der Waals surface area contributed by atoms with Crippen molar-refractivity contribution in [2.45, 2.75) is 49.8 Å². The normalized spacial score (nSPS) is 18.3. The molecular formula is C20H24N6O4S2. The predicted octanol–water partition coefficient (Wildman–Crippen LogP) is 2.06. The maximum absolute atomic E-state index is 12.8. The number of urea groups is 1. The molecule has 0 bridgehead atoms. The lowest BCUT2D eigenvalue weighted by Crippen LogP contribution is -2.46. The number of aromatic nitrogens is 3. The Hall–Kier alpha value is -2.86. The lowest BCUT2D eigenvalue weighted by Gasteiger charge is -2.28. The van der Waals surface area contributed by atoms with Crippen LogP contribution < -0.4 is 16.4 Å². The number of carbonyl (C=O) groups excluding carboxylic acids is 3. The molecule has 32 heavy (non-hydrogen) atoms. The largest absolute Gasteiger partial charge is 0.463 e. The summed E-state index contributed by atoms with van der Waals surface area (Å²) < 4.78 is 7.20. The van der Waals surface area contributed by atoms with Crippen LogP contribution in [0.15, 0.2) is 33.9 Å². The quantitative estimate of drug-likeness (QED) is 0.352. The van der Waals surface area contributed by atoms with E-state index in [1.54, 1.807) is 6.92 Å². The number of hydrogen-bond acceptors (Lipinski definition) is 8. The van der Waals surface area contributed by atoms with Crippen LogP contribution in [0.2, 0.25) is 0 Å². The number of thiophene rings is 1. The van der Waals surface area contributed by atoms with Crippen molar-refractivity contribution in [3.05, 3.63) is 39.5 Å². The summed E-state index contributed by atoms with van der Waals surface area (Å²) in [6.07, 6.45) is 2.27. The predicted molar refractivity (Wildman–Crippen MR) is 119 cm³/mol. The molecule has 12 heteroatoms. The molecule has 0 saturated heterocycles. The molecule has 1 aliphatic carbocycles. The van der Waals surface area contributed by atoms with Gasteiger partial charge in [-0.2, -0.15) is 0 Å². The third-order valence-corrected chi connectivity index (χ3v) is 7.02. The van der Waals surface area contributed by atoms with Crippen LogP contribution in [0.1, 0.15) is 48.8 Å². The molecule has 1 aliphatic heterocycles. The zero-order chi connectivity index (χ0) is 22.7. The number of esters is 1. The third kappa shape index (κ3) is 4.96. The highest BCUT2D eigenvalue weighted by Crippen LogP contribution is 2.40. The van der Waals surface area contributed by atoms with Crippen LogP contribution in [0.25, 0.3) is 0 Å². The molecule has 0 radical (unpaired) electrons. The summed E-state index contributed by atoms with van der Waals surface area (Å²) in [5.41, 5.74) is 6.17. The third-order valence-electron chi connectivity index (χ3n) is 5.09. The average molecular weight is 477 g/mol. The maximum atomic E-state index is 12.8. The van der Waals surface area contributed by atoms with Gasteiger partial charge in [0, 0.05) is 35.2 Å². The van der Waals surface area contributed by atoms with Crippen LogP contribution >= 0.6 is 23.1 Å². The SMILES string of the molecule is CCOC(=O)C1=C(CSc2nnc(C3CC3)n2CCC(N)=O)NC(=O)NC1c1cccs1. The fraction of sp³-hybridized carbons (Fsp3) is 0.450. The van der Waals surface area contributed by atoms with Crippen molar-refractivity contribution in [3.63, 3.8) is 0 Å². The second-order valence-corrected chi connectivity index (χ2v) is 9.35. The number of carbonyl (C=O) groups is 3. The maximum Gasteiger partial charge on any atom is 0.338 e. The molecule has 10 nitrogen and oxygen atoms in total. The van der Waals surface area contributed by atoms with Crippen molar-refractivity contribution in [1.82, 2.24) is 25.4 Å². The van der Waals surface area contributed by atoms with Gasteiger partial charge in [0.15, 0.2) is 5.16 Å². The Labute approximate surface area is 193 Å². The minimum atomic E-state index is -0.590. The first kappa shape index (κ1) is 22.3. The number of ether oxygens (including phenoxy) is 1. The zero-order valence-corrected chi connectivity index (χ0v) is 19.1. The summed E-state index contributed by atoms with van der Waals surface area (Å²) in [6, 6.07) is 2.76. The molecule has 4 rings (SSSR count). The van der Waals surface area contributed by atoms with Crippen LogP contribution in [-0.4, -0.2) is 45.0 Å². The summed E-state index contributed by atoms with van der Waals surface area (Å²) in [7, 11) is 0. The summed E-state index contributed by atoms with van der Waals surface area (Å²) in [4.78, 5) is 37.3. The van der Waals surface area contributed by atoms with Crippen molar-refractivity contribution in [1.29, 1.82) is 0 Å². The van der Waals surface area contributed by atoms with Crippen LogP contribution in [0.3, 0.4) is 0 Å². The topological polar surface area (TPSA) is 141 Å². The van der Waals surface area contributed by atoms with Gasteiger partial charge in [-0.3, -0.25) is 4.79 Å². The number of nitrogens with zero attached hydrogens (tertiary/aromatic N) is 3. The minimum absolute atomic E-state index is 0.184. The van der Waals surface area contributed by atoms with E-state index in [2.05, 4.69) is 20.8 Å². The Morgan fingerprint density at radius 1 is 1.38 bits per heavy atom. The van der Waals surface area contributed by atoms with Gasteiger partial charge in [-0.15, -0.1) is 21.5 Å². The van der Waals surface area contributed by atoms with E-state index in [0.717, 1.165) is 23.5 Å². The fourth-order valence-electron chi connectivity index (χ4n) is 3.47. The van der Waals surface area contributed by atoms with Gasteiger partial charge in [-0.1, -0.05) is 17.8 Å². The summed E-state index contributed by atoms with van der Waals surface area (Å²) >= 11 is 2.80. The van der Waals surface area contributed by atoms with Gasteiger partial charge >= 0.3 is 12.0 Å². The molecule has 1 unspecified atom stereocenters. The fourth-order valence-corrected chi connectivity index (χ4v) is 5.19. The van der Waals surface area contributed by atoms with Gasteiger partial charge in [0.25, 0.3) is 0 Å². The van der Waals surface area contributed by atoms with Gasteiger partial charge in [-0.05, 0) is 31.2 Å². The van der Waals surface area contributed by atoms with Crippen molar-refractivity contribution >= 4 is 41.0 Å². The number of nitrogens with one attached hydrogen (secondary N) is 2. The molecule has 0 aromatic carbocycles. The zero-order valence-electron chi connectivity index (χ0n) is 17.5. The van der Waals surface area contributed by atoms with Crippen LogP contribution in [0.5, 0.6) is 0 Å². The molecular weight excluding hydrogens is 452 g/mol. The van der Waals surface area contributed by atoms with Crippen LogP contribution in [0.4, 0.5) is 4.79 Å². The lowest BCUT2D eigenvalue weighted by molar-refractivity contribution is -0.139. The van der Waals surface area contributed by atoms with Crippen molar-refractivity contribution in [3.8, 4) is 0 Å². The van der Waals surface area contributed by atoms with Crippen molar-refractivity contribution < 1.29 is 19.1 Å². The number of hydrogen-bond donors (Lipinski definition) is 3. The van der Waals surface area contributed by atoms with E-state index in [9.17, 15) is 14.4 Å². The first-order valence-corrected chi connectivity index (χ1v) is 12.2. The van der Waals surface area contributed by atoms with E-state index < -0.39 is 17.9 Å². The average Bonchev–Trinajstić information content (AvgIpc) is 3.29. The van der Waals surface area contributed by atoms with E-state index >= 15 is 0 Å². The molecule has 1 fully saturated rings. The monoisotopic (exact) mass is 476 g/mol. The van der Waals surface area contributed by atoms with Crippen LogP contribution in [-0.2, 0) is 20.9 Å². The van der Waals surface area contributed by atoms with E-state index in [1.165, 1.54) is 23.1 Å². The highest BCUT2D eigenvalue weighted by molar-refractivity contribution is 7.99. The van der Waals surface area contributed by atoms with Gasteiger partial charge in [0.1, 0.15) is 5.82 Å². The molecule has 3 amide bonds. The summed E-state index contributed by atoms with van der Waals surface area (Å²) in [6.45, 7) is 2.36. The summed E-state index contributed by atoms with van der Waals surface area (Å²) in [5, 5.41) is 16.7. The minimum Gasteiger partial charge on any atom is -0.463 e. The standard InChI is InChI=1S/C20H24N6O4S2/c1-2-30-18(28)15-12(22-19(29)23-16(15)13-4-3-9-31-13)10-32-20-25-24-17(11-5-6-11)26(20)8-7-14(21)27/h3-4,9,11,16H,2,5-8,10H2,1H3,(H2,21,27)(H2,22,23,29). The molecule has 2 aliphatic rings. The number of primary amides is 1. The Kier molecular flexibility index (Phi) is 6.80. The first-order valence-electron chi connectivity index (χ1n) is 10.3. The van der Waals surface area contributed by atoms with E-state index in [1.807, 2.05) is 22.1 Å². The van der Waals surface area contributed by atoms with E-state index in [-0.39, 0.29) is 24.8 Å². The number of amides is 3. The second kappa shape index (κ2) is 9.74. The molecule has 1 atom stereocenters. The molecule has 1 saturated carbocycles. The molecule has 3 heterocycles. The number of thioether (sulfide) groups is 1. The lowest BCUT2D eigenvalue weighted by atomic mass is 10.0. The molecule has 2 aromatic rings. The second-order valence-electron chi connectivity index (χ2n) is 7.43. The highest BCUT2D eigenvalue weighted by Gasteiger charge is 2.35. The first-order chi connectivity index (χ1) is 15.5. The Morgan fingerprint density at radius 3 is 2.84 bits per heavy atom. The van der Waals surface area contributed by atoms with E-state index in [0.29, 0.717) is 28.9 Å². The Bertz CT molecular complexity index is 1040. The molecule has 170 valence electrons. The molecule has 4 N–H and O–H groups in total. The summed E-state index contributed by atoms with van der Waals surface area (Å²) in [5.74, 6) is 0.596. The Balaban J connectivity index is 1.62. The molecule has 0 spiro atoms. The highest BCUT2D eigenvalue weighted by atomic mass is 32.2. The number of nitrogens with two attached hydrogens (primary N) is 1. The van der Waals surface area contributed by atoms with Gasteiger partial charge in [0.05, 0.1) is 18.2 Å². The molecule has 2 aromatic heterocycles. The van der Waals surface area contributed by atoms with Gasteiger partial charge < -0.3 is 25.7 Å². The smallest absolute Gasteiger partial charge is 0.338 e. The van der Waals surface area contributed by atoms with Gasteiger partial charge in [-0.25, -0.2) is 9.59 Å². The van der Waals surface area contributed by atoms with Crippen molar-refractivity contribution in [2.75, 3.05) is 12.4 Å². The van der Waals surface area contributed by atoms with E-state index in [4.69, 9.17) is 10.5 Å². The van der Waals surface area contributed by atoms with Crippen LogP contribution in [0, 0.1) is 0 Å².